The third-order valence-electron chi connectivity index (χ3n) is 3.82. The number of nitrogens with zero attached hydrogens (tertiary/aromatic N) is 2. The minimum absolute atomic E-state index is 0.261. The molecule has 1 aliphatic rings. The molecule has 4 heteroatoms. The summed E-state index contributed by atoms with van der Waals surface area (Å²) >= 11 is 0. The number of hydrogen-bond acceptors (Lipinski definition) is 3. The Kier molecular flexibility index (Phi) is 4.10. The molecule has 0 spiro atoms. The largest absolute Gasteiger partial charge is 0.478 e. The van der Waals surface area contributed by atoms with Crippen LogP contribution in [0.5, 0.6) is 0 Å². The van der Waals surface area contributed by atoms with Crippen LogP contribution in [0.3, 0.4) is 0 Å². The smallest absolute Gasteiger partial charge is 0.335 e. The maximum Gasteiger partial charge on any atom is 0.335 e. The molecule has 20 heavy (non-hydrogen) atoms. The molecule has 0 radical (unpaired) electrons. The highest BCUT2D eigenvalue weighted by Gasteiger charge is 2.21. The van der Waals surface area contributed by atoms with Crippen LogP contribution in [-0.2, 0) is 13.1 Å². The van der Waals surface area contributed by atoms with Gasteiger partial charge < -0.3 is 5.11 Å². The van der Waals surface area contributed by atoms with Gasteiger partial charge in [0.25, 0.3) is 0 Å². The summed E-state index contributed by atoms with van der Waals surface area (Å²) in [6.45, 7) is 6.56. The Labute approximate surface area is 119 Å². The Morgan fingerprint density at radius 2 is 2.10 bits per heavy atom. The molecule has 0 aliphatic carbocycles. The number of hydrogen-bond donors (Lipinski definition) is 1. The molecule has 1 heterocycles. The van der Waals surface area contributed by atoms with Gasteiger partial charge in [-0.05, 0) is 56.5 Å². The molecule has 0 unspecified atom stereocenters. The van der Waals surface area contributed by atoms with E-state index >= 15 is 0 Å². The van der Waals surface area contributed by atoms with Gasteiger partial charge in [-0.3, -0.25) is 4.90 Å². The van der Waals surface area contributed by atoms with Crippen molar-refractivity contribution >= 4 is 5.97 Å². The molecular formula is C16H20N2O2. The van der Waals surface area contributed by atoms with E-state index < -0.39 is 5.97 Å². The van der Waals surface area contributed by atoms with Crippen LogP contribution < -0.4 is 0 Å². The van der Waals surface area contributed by atoms with E-state index in [4.69, 9.17) is 10.4 Å². The van der Waals surface area contributed by atoms with E-state index in [1.807, 2.05) is 19.9 Å². The van der Waals surface area contributed by atoms with Gasteiger partial charge in [0.05, 0.1) is 17.0 Å². The number of rotatable bonds is 5. The lowest BCUT2D eigenvalue weighted by atomic mass is 9.90. The number of nitriles is 1. The van der Waals surface area contributed by atoms with Crippen LogP contribution in [0.2, 0.25) is 0 Å². The fourth-order valence-electron chi connectivity index (χ4n) is 2.56. The lowest BCUT2D eigenvalue weighted by Crippen LogP contribution is -2.19. The summed E-state index contributed by atoms with van der Waals surface area (Å²) in [5, 5.41) is 18.0. The minimum Gasteiger partial charge on any atom is -0.478 e. The molecule has 4 nitrogen and oxygen atoms in total. The molecule has 0 saturated heterocycles. The molecule has 0 bridgehead atoms. The molecule has 0 aromatic heterocycles. The molecule has 1 aromatic carbocycles. The summed E-state index contributed by atoms with van der Waals surface area (Å²) in [6, 6.07) is 7.68. The molecule has 0 amide bonds. The SMILES string of the molecule is CC(C)(C#N)CCCN1Cc2ccc(C(=O)O)cc2C1. The Bertz CT molecular complexity index is 558. The van der Waals surface area contributed by atoms with Gasteiger partial charge in [-0.1, -0.05) is 6.07 Å². The van der Waals surface area contributed by atoms with Crippen LogP contribution in [0.4, 0.5) is 0 Å². The van der Waals surface area contributed by atoms with E-state index in [-0.39, 0.29) is 5.41 Å². The van der Waals surface area contributed by atoms with Crippen molar-refractivity contribution in [3.05, 3.63) is 34.9 Å². The number of carbonyl (C=O) groups is 1. The van der Waals surface area contributed by atoms with Gasteiger partial charge in [0, 0.05) is 13.1 Å². The molecule has 106 valence electrons. The zero-order valence-electron chi connectivity index (χ0n) is 12.0. The van der Waals surface area contributed by atoms with E-state index in [0.29, 0.717) is 5.56 Å². The third kappa shape index (κ3) is 3.37. The third-order valence-corrected chi connectivity index (χ3v) is 3.82. The maximum atomic E-state index is 11.0. The summed E-state index contributed by atoms with van der Waals surface area (Å²) in [4.78, 5) is 13.3. The standard InChI is InChI=1S/C16H20N2O2/c1-16(2,11-17)6-3-7-18-9-13-5-4-12(15(19)20)8-14(13)10-18/h4-5,8H,3,6-7,9-10H2,1-2H3,(H,19,20). The molecule has 0 saturated carbocycles. The van der Waals surface area contributed by atoms with Crippen LogP contribution in [0.25, 0.3) is 0 Å². The zero-order valence-corrected chi connectivity index (χ0v) is 12.0. The Hall–Kier alpha value is -1.86. The van der Waals surface area contributed by atoms with Gasteiger partial charge in [-0.15, -0.1) is 0 Å². The second-order valence-corrected chi connectivity index (χ2v) is 6.10. The van der Waals surface area contributed by atoms with Crippen molar-refractivity contribution in [1.29, 1.82) is 5.26 Å². The molecule has 1 aromatic rings. The number of carboxylic acid groups (broad SMARTS) is 1. The zero-order chi connectivity index (χ0) is 14.8. The lowest BCUT2D eigenvalue weighted by Gasteiger charge is -2.18. The van der Waals surface area contributed by atoms with Gasteiger partial charge in [-0.2, -0.15) is 5.26 Å². The highest BCUT2D eigenvalue weighted by Crippen LogP contribution is 2.26. The van der Waals surface area contributed by atoms with E-state index in [1.54, 1.807) is 12.1 Å². The normalized spacial score (nSPS) is 14.8. The second-order valence-electron chi connectivity index (χ2n) is 6.10. The van der Waals surface area contributed by atoms with Gasteiger partial charge in [0.1, 0.15) is 0 Å². The predicted molar refractivity (Wildman–Crippen MR) is 76.1 cm³/mol. The Balaban J connectivity index is 1.90. The van der Waals surface area contributed by atoms with E-state index in [2.05, 4.69) is 11.0 Å². The van der Waals surface area contributed by atoms with Crippen molar-refractivity contribution in [2.45, 2.75) is 39.8 Å². The average molecular weight is 272 g/mol. The molecule has 0 atom stereocenters. The number of benzene rings is 1. The highest BCUT2D eigenvalue weighted by atomic mass is 16.4. The monoisotopic (exact) mass is 272 g/mol. The molecule has 0 fully saturated rings. The van der Waals surface area contributed by atoms with Gasteiger partial charge in [0.15, 0.2) is 0 Å². The minimum atomic E-state index is -0.873. The van der Waals surface area contributed by atoms with Crippen LogP contribution in [0, 0.1) is 16.7 Å². The quantitative estimate of drug-likeness (QED) is 0.894. The summed E-state index contributed by atoms with van der Waals surface area (Å²) < 4.78 is 0. The first-order valence-corrected chi connectivity index (χ1v) is 6.90. The Morgan fingerprint density at radius 3 is 2.75 bits per heavy atom. The molecular weight excluding hydrogens is 252 g/mol. The van der Waals surface area contributed by atoms with Crippen molar-refractivity contribution in [1.82, 2.24) is 4.90 Å². The summed E-state index contributed by atoms with van der Waals surface area (Å²) in [6.07, 6.45) is 1.87. The second kappa shape index (κ2) is 5.64. The number of fused-ring (bicyclic) bond motifs is 1. The van der Waals surface area contributed by atoms with E-state index in [0.717, 1.165) is 38.0 Å². The van der Waals surface area contributed by atoms with Crippen LogP contribution in [0.1, 0.15) is 48.2 Å². The number of carboxylic acids is 1. The highest BCUT2D eigenvalue weighted by molar-refractivity contribution is 5.87. The average Bonchev–Trinajstić information content (AvgIpc) is 2.79. The van der Waals surface area contributed by atoms with Crippen molar-refractivity contribution in [2.24, 2.45) is 5.41 Å². The van der Waals surface area contributed by atoms with Crippen LogP contribution in [-0.4, -0.2) is 22.5 Å². The topological polar surface area (TPSA) is 64.3 Å². The molecule has 1 aliphatic heterocycles. The Morgan fingerprint density at radius 1 is 1.40 bits per heavy atom. The van der Waals surface area contributed by atoms with Crippen LogP contribution in [0.15, 0.2) is 18.2 Å². The first-order chi connectivity index (χ1) is 9.41. The van der Waals surface area contributed by atoms with Crippen LogP contribution >= 0.6 is 0 Å². The molecule has 2 rings (SSSR count). The summed E-state index contributed by atoms with van der Waals surface area (Å²) in [5.74, 6) is -0.873. The van der Waals surface area contributed by atoms with Gasteiger partial charge in [0.2, 0.25) is 0 Å². The van der Waals surface area contributed by atoms with Crippen molar-refractivity contribution in [3.8, 4) is 6.07 Å². The van der Waals surface area contributed by atoms with E-state index in [9.17, 15) is 4.79 Å². The summed E-state index contributed by atoms with van der Waals surface area (Å²) in [5.41, 5.74) is 2.43. The van der Waals surface area contributed by atoms with Crippen molar-refractivity contribution < 1.29 is 9.90 Å². The maximum absolute atomic E-state index is 11.0. The fraction of sp³-hybridized carbons (Fsp3) is 0.500. The molecule has 1 N–H and O–H groups in total. The van der Waals surface area contributed by atoms with Crippen molar-refractivity contribution in [2.75, 3.05) is 6.54 Å². The fourth-order valence-corrected chi connectivity index (χ4v) is 2.56. The van der Waals surface area contributed by atoms with Crippen molar-refractivity contribution in [3.63, 3.8) is 0 Å². The van der Waals surface area contributed by atoms with E-state index in [1.165, 1.54) is 5.56 Å². The van der Waals surface area contributed by atoms with Gasteiger partial charge >= 0.3 is 5.97 Å². The first-order valence-electron chi connectivity index (χ1n) is 6.90. The predicted octanol–water partition coefficient (Wildman–Crippen LogP) is 3.03. The van der Waals surface area contributed by atoms with Gasteiger partial charge in [-0.25, -0.2) is 4.79 Å². The first kappa shape index (κ1) is 14.5. The lowest BCUT2D eigenvalue weighted by molar-refractivity contribution is 0.0696. The number of aromatic carboxylic acids is 1. The summed E-state index contributed by atoms with van der Waals surface area (Å²) in [7, 11) is 0.